The third-order valence-electron chi connectivity index (χ3n) is 6.57. The molecular weight excluding hydrogens is 414 g/mol. The fraction of sp³-hybridized carbons (Fsp3) is 0.321. The summed E-state index contributed by atoms with van der Waals surface area (Å²) in [5.74, 6) is -0.0456. The van der Waals surface area contributed by atoms with Crippen molar-refractivity contribution in [3.8, 4) is 0 Å². The van der Waals surface area contributed by atoms with Gasteiger partial charge in [-0.25, -0.2) is 9.59 Å². The number of hydrogen-bond acceptors (Lipinski definition) is 5. The Morgan fingerprint density at radius 2 is 1.88 bits per heavy atom. The first-order valence-electron chi connectivity index (χ1n) is 11.6. The number of benzene rings is 2. The maximum Gasteiger partial charge on any atom is 0.339 e. The van der Waals surface area contributed by atoms with Gasteiger partial charge in [-0.3, -0.25) is 4.98 Å². The molecule has 2 aromatic heterocycles. The predicted octanol–water partition coefficient (Wildman–Crippen LogP) is 6.01. The lowest BCUT2D eigenvalue weighted by Gasteiger charge is -2.20. The molecule has 0 spiro atoms. The molecule has 33 heavy (non-hydrogen) atoms. The quantitative estimate of drug-likeness (QED) is 0.287. The van der Waals surface area contributed by atoms with Crippen molar-refractivity contribution in [2.24, 2.45) is 0 Å². The van der Waals surface area contributed by atoms with Crippen molar-refractivity contribution in [3.05, 3.63) is 86.4 Å². The number of pyridine rings is 1. The van der Waals surface area contributed by atoms with Crippen LogP contribution in [-0.4, -0.2) is 11.0 Å². The van der Waals surface area contributed by atoms with Crippen LogP contribution in [0, 0.1) is 6.92 Å². The second kappa shape index (κ2) is 8.47. The molecule has 5 heteroatoms. The summed E-state index contributed by atoms with van der Waals surface area (Å²) in [7, 11) is 0. The number of rotatable bonds is 4. The van der Waals surface area contributed by atoms with Crippen LogP contribution < -0.4 is 5.63 Å². The maximum atomic E-state index is 13.4. The van der Waals surface area contributed by atoms with Gasteiger partial charge in [0, 0.05) is 28.1 Å². The van der Waals surface area contributed by atoms with E-state index in [0.717, 1.165) is 58.8 Å². The Morgan fingerprint density at radius 3 is 2.70 bits per heavy atom. The van der Waals surface area contributed by atoms with E-state index in [1.807, 2.05) is 43.3 Å². The molecule has 1 aliphatic rings. The largest absolute Gasteiger partial charge is 0.457 e. The van der Waals surface area contributed by atoms with E-state index in [2.05, 4.69) is 13.8 Å². The van der Waals surface area contributed by atoms with E-state index >= 15 is 0 Å². The lowest BCUT2D eigenvalue weighted by atomic mass is 9.90. The zero-order chi connectivity index (χ0) is 23.1. The minimum absolute atomic E-state index is 0.00690. The number of carbonyl (C=O) groups excluding carboxylic acids is 1. The highest BCUT2D eigenvalue weighted by atomic mass is 16.5. The van der Waals surface area contributed by atoms with Crippen LogP contribution >= 0.6 is 0 Å². The van der Waals surface area contributed by atoms with Gasteiger partial charge in [-0.1, -0.05) is 32.0 Å². The topological polar surface area (TPSA) is 69.4 Å². The summed E-state index contributed by atoms with van der Waals surface area (Å²) in [5.41, 5.74) is 6.40. The van der Waals surface area contributed by atoms with E-state index in [4.69, 9.17) is 14.1 Å². The summed E-state index contributed by atoms with van der Waals surface area (Å²) in [6, 6.07) is 13.1. The highest BCUT2D eigenvalue weighted by Crippen LogP contribution is 2.31. The van der Waals surface area contributed by atoms with Crippen molar-refractivity contribution in [2.45, 2.75) is 59.0 Å². The first-order valence-corrected chi connectivity index (χ1v) is 11.6. The molecule has 5 rings (SSSR count). The van der Waals surface area contributed by atoms with Crippen LogP contribution in [0.25, 0.3) is 21.9 Å². The van der Waals surface area contributed by atoms with Crippen molar-refractivity contribution < 1.29 is 13.9 Å². The van der Waals surface area contributed by atoms with E-state index in [1.54, 1.807) is 0 Å². The van der Waals surface area contributed by atoms with E-state index in [-0.39, 0.29) is 12.6 Å². The van der Waals surface area contributed by atoms with Crippen LogP contribution in [0.5, 0.6) is 0 Å². The van der Waals surface area contributed by atoms with Crippen LogP contribution in [0.15, 0.2) is 51.7 Å². The maximum absolute atomic E-state index is 13.4. The SMILES string of the molecule is Cc1cc2oc(=O)cc(COC(=O)c3c4c(nc5ccccc35)CCCC4)c2cc1C(C)C. The second-order valence-electron chi connectivity index (χ2n) is 9.16. The number of para-hydroxylation sites is 1. The molecule has 0 amide bonds. The van der Waals surface area contributed by atoms with Crippen LogP contribution in [0.1, 0.15) is 70.9 Å². The molecule has 0 radical (unpaired) electrons. The van der Waals surface area contributed by atoms with E-state index in [1.165, 1.54) is 11.6 Å². The Bertz CT molecular complexity index is 1450. The number of carbonyl (C=O) groups is 1. The van der Waals surface area contributed by atoms with E-state index in [0.29, 0.717) is 22.6 Å². The van der Waals surface area contributed by atoms with Gasteiger partial charge in [0.1, 0.15) is 12.2 Å². The number of esters is 1. The van der Waals surface area contributed by atoms with Crippen LogP contribution in [0.3, 0.4) is 0 Å². The predicted molar refractivity (Wildman–Crippen MR) is 129 cm³/mol. The van der Waals surface area contributed by atoms with Gasteiger partial charge in [-0.15, -0.1) is 0 Å². The van der Waals surface area contributed by atoms with Crippen LogP contribution in [0.2, 0.25) is 0 Å². The molecule has 2 aromatic carbocycles. The average molecular weight is 442 g/mol. The van der Waals surface area contributed by atoms with Gasteiger partial charge >= 0.3 is 11.6 Å². The molecular formula is C28H27NO4. The van der Waals surface area contributed by atoms with Crippen molar-refractivity contribution >= 4 is 27.8 Å². The number of hydrogen-bond donors (Lipinski definition) is 0. The third-order valence-corrected chi connectivity index (χ3v) is 6.57. The van der Waals surface area contributed by atoms with Gasteiger partial charge in [0.25, 0.3) is 0 Å². The Balaban J connectivity index is 1.55. The number of fused-ring (bicyclic) bond motifs is 3. The first kappa shape index (κ1) is 21.4. The highest BCUT2D eigenvalue weighted by molar-refractivity contribution is 6.05. The standard InChI is InChI=1S/C28H27NO4/c1-16(2)21-14-22-18(13-26(30)33-25(22)12-17(21)3)15-32-28(31)27-19-8-4-6-10-23(19)29-24-11-7-5-9-20(24)27/h4,6,8,10,12-14,16H,5,7,9,11,15H2,1-3H3. The van der Waals surface area contributed by atoms with Crippen molar-refractivity contribution in [3.63, 3.8) is 0 Å². The fourth-order valence-corrected chi connectivity index (χ4v) is 4.95. The van der Waals surface area contributed by atoms with Gasteiger partial charge in [-0.05, 0) is 73.4 Å². The summed E-state index contributed by atoms with van der Waals surface area (Å²) in [6.45, 7) is 6.28. The molecule has 2 heterocycles. The highest BCUT2D eigenvalue weighted by Gasteiger charge is 2.24. The summed E-state index contributed by atoms with van der Waals surface area (Å²) in [6.07, 6.45) is 3.82. The molecule has 0 atom stereocenters. The normalized spacial score (nSPS) is 13.5. The molecule has 168 valence electrons. The Morgan fingerprint density at radius 1 is 1.09 bits per heavy atom. The molecule has 5 nitrogen and oxygen atoms in total. The minimum Gasteiger partial charge on any atom is -0.457 e. The number of nitrogens with zero attached hydrogens (tertiary/aromatic N) is 1. The molecule has 0 saturated carbocycles. The smallest absolute Gasteiger partial charge is 0.339 e. The summed E-state index contributed by atoms with van der Waals surface area (Å²) >= 11 is 0. The molecule has 0 fully saturated rings. The van der Waals surface area contributed by atoms with E-state index < -0.39 is 5.63 Å². The summed E-state index contributed by atoms with van der Waals surface area (Å²) in [4.78, 5) is 30.4. The molecule has 1 aliphatic carbocycles. The Labute approximate surface area is 192 Å². The van der Waals surface area contributed by atoms with Gasteiger partial charge in [-0.2, -0.15) is 0 Å². The zero-order valence-electron chi connectivity index (χ0n) is 19.2. The van der Waals surface area contributed by atoms with Crippen molar-refractivity contribution in [1.82, 2.24) is 4.98 Å². The number of aromatic nitrogens is 1. The molecule has 0 aliphatic heterocycles. The first-order chi connectivity index (χ1) is 15.9. The van der Waals surface area contributed by atoms with Crippen LogP contribution in [-0.2, 0) is 24.2 Å². The third kappa shape index (κ3) is 3.92. The fourth-order valence-electron chi connectivity index (χ4n) is 4.95. The number of ether oxygens (including phenoxy) is 1. The summed E-state index contributed by atoms with van der Waals surface area (Å²) < 4.78 is 11.3. The van der Waals surface area contributed by atoms with Crippen molar-refractivity contribution in [2.75, 3.05) is 0 Å². The van der Waals surface area contributed by atoms with Crippen molar-refractivity contribution in [1.29, 1.82) is 0 Å². The Hall–Kier alpha value is -3.47. The second-order valence-corrected chi connectivity index (χ2v) is 9.16. The summed E-state index contributed by atoms with van der Waals surface area (Å²) in [5, 5.41) is 1.62. The Kier molecular flexibility index (Phi) is 5.49. The van der Waals surface area contributed by atoms with Gasteiger partial charge in [0.15, 0.2) is 0 Å². The molecule has 4 aromatic rings. The van der Waals surface area contributed by atoms with Gasteiger partial charge in [0.05, 0.1) is 11.1 Å². The molecule has 0 bridgehead atoms. The van der Waals surface area contributed by atoms with Gasteiger partial charge < -0.3 is 9.15 Å². The zero-order valence-corrected chi connectivity index (χ0v) is 19.2. The number of aryl methyl sites for hydroxylation is 2. The molecule has 0 unspecified atom stereocenters. The minimum atomic E-state index is -0.447. The lowest BCUT2D eigenvalue weighted by molar-refractivity contribution is 0.0474. The average Bonchev–Trinajstić information content (AvgIpc) is 2.80. The monoisotopic (exact) mass is 441 g/mol. The lowest BCUT2D eigenvalue weighted by Crippen LogP contribution is -2.16. The van der Waals surface area contributed by atoms with Gasteiger partial charge in [0.2, 0.25) is 0 Å². The molecule has 0 N–H and O–H groups in total. The molecule has 0 saturated heterocycles. The van der Waals surface area contributed by atoms with E-state index in [9.17, 15) is 9.59 Å². The van der Waals surface area contributed by atoms with Crippen LogP contribution in [0.4, 0.5) is 0 Å².